The molecule has 17 heavy (non-hydrogen) atoms. The van der Waals surface area contributed by atoms with Gasteiger partial charge in [0.05, 0.1) is 11.9 Å². The molecule has 0 aliphatic rings. The number of rotatable bonds is 3. The summed E-state index contributed by atoms with van der Waals surface area (Å²) in [6, 6.07) is 2.95. The maximum Gasteiger partial charge on any atom is 0.246 e. The Bertz CT molecular complexity index is 539. The number of carbonyl (C=O) groups is 1. The molecule has 0 radical (unpaired) electrons. The van der Waals surface area contributed by atoms with E-state index in [4.69, 9.17) is 5.73 Å². The normalized spacial score (nSPS) is 10.2. The fraction of sp³-hybridized carbons (Fsp3) is 0.100. The topological polar surface area (TPSA) is 85.8 Å². The number of pyridine rings is 1. The van der Waals surface area contributed by atoms with Gasteiger partial charge in [0.25, 0.3) is 0 Å². The quantitative estimate of drug-likeness (QED) is 0.817. The number of amides is 1. The van der Waals surface area contributed by atoms with E-state index in [1.54, 1.807) is 12.3 Å². The molecule has 0 unspecified atom stereocenters. The van der Waals surface area contributed by atoms with Gasteiger partial charge in [0.15, 0.2) is 5.82 Å². The lowest BCUT2D eigenvalue weighted by Crippen LogP contribution is -2.19. The van der Waals surface area contributed by atoms with Crippen LogP contribution in [-0.2, 0) is 11.3 Å². The molecular formula is C10H10FN5O. The minimum absolute atomic E-state index is 0.0288. The summed E-state index contributed by atoms with van der Waals surface area (Å²) >= 11 is 0. The second-order valence-electron chi connectivity index (χ2n) is 3.34. The van der Waals surface area contributed by atoms with Crippen molar-refractivity contribution < 1.29 is 9.18 Å². The van der Waals surface area contributed by atoms with Gasteiger partial charge in [-0.15, -0.1) is 0 Å². The number of nitrogens with one attached hydrogen (secondary N) is 1. The number of hydrogen-bond acceptors (Lipinski definition) is 4. The van der Waals surface area contributed by atoms with Crippen molar-refractivity contribution in [2.24, 2.45) is 0 Å². The summed E-state index contributed by atoms with van der Waals surface area (Å²) in [5, 5.41) is 6.25. The predicted molar refractivity (Wildman–Crippen MR) is 59.5 cm³/mol. The first-order chi connectivity index (χ1) is 8.15. The van der Waals surface area contributed by atoms with Crippen molar-refractivity contribution in [2.75, 3.05) is 11.1 Å². The summed E-state index contributed by atoms with van der Waals surface area (Å²) in [6.45, 7) is -0.0288. The van der Waals surface area contributed by atoms with Crippen LogP contribution in [0, 0.1) is 5.82 Å². The minimum Gasteiger partial charge on any atom is -0.382 e. The Morgan fingerprint density at radius 1 is 1.53 bits per heavy atom. The van der Waals surface area contributed by atoms with E-state index in [9.17, 15) is 9.18 Å². The largest absolute Gasteiger partial charge is 0.382 e. The van der Waals surface area contributed by atoms with Crippen LogP contribution in [0.15, 0.2) is 30.7 Å². The molecule has 2 rings (SSSR count). The van der Waals surface area contributed by atoms with E-state index in [-0.39, 0.29) is 12.2 Å². The van der Waals surface area contributed by atoms with Crippen LogP contribution in [0.25, 0.3) is 0 Å². The molecule has 3 N–H and O–H groups in total. The summed E-state index contributed by atoms with van der Waals surface area (Å²) in [7, 11) is 0. The van der Waals surface area contributed by atoms with Crippen molar-refractivity contribution in [3.8, 4) is 0 Å². The van der Waals surface area contributed by atoms with Crippen LogP contribution in [-0.4, -0.2) is 20.7 Å². The average molecular weight is 235 g/mol. The monoisotopic (exact) mass is 235 g/mol. The third-order valence-corrected chi connectivity index (χ3v) is 2.01. The molecule has 88 valence electrons. The fourth-order valence-corrected chi connectivity index (χ4v) is 1.28. The van der Waals surface area contributed by atoms with Crippen molar-refractivity contribution in [1.29, 1.82) is 0 Å². The highest BCUT2D eigenvalue weighted by Gasteiger charge is 2.07. The molecule has 0 spiro atoms. The summed E-state index contributed by atoms with van der Waals surface area (Å²) in [5.74, 6) is -0.646. The molecule has 2 heterocycles. The first-order valence-electron chi connectivity index (χ1n) is 4.83. The molecule has 0 aliphatic carbocycles. The Balaban J connectivity index is 2.01. The van der Waals surface area contributed by atoms with E-state index in [0.717, 1.165) is 6.20 Å². The fourth-order valence-electron chi connectivity index (χ4n) is 1.28. The predicted octanol–water partition coefficient (Wildman–Crippen LogP) is 0.638. The molecule has 6 nitrogen and oxygen atoms in total. The lowest BCUT2D eigenvalue weighted by Gasteiger charge is -2.05. The van der Waals surface area contributed by atoms with E-state index in [1.807, 2.05) is 0 Å². The molecule has 0 fully saturated rings. The van der Waals surface area contributed by atoms with Crippen molar-refractivity contribution in [3.05, 3.63) is 36.5 Å². The SMILES string of the molecule is Nc1ccn(CC(=O)Nc2ccncc2F)n1. The Labute approximate surface area is 96.3 Å². The van der Waals surface area contributed by atoms with Gasteiger partial charge in [-0.3, -0.25) is 14.5 Å². The second-order valence-corrected chi connectivity index (χ2v) is 3.34. The first-order valence-corrected chi connectivity index (χ1v) is 4.83. The second kappa shape index (κ2) is 4.60. The van der Waals surface area contributed by atoms with Gasteiger partial charge in [-0.1, -0.05) is 0 Å². The summed E-state index contributed by atoms with van der Waals surface area (Å²) in [5.41, 5.74) is 5.49. The number of aromatic nitrogens is 3. The van der Waals surface area contributed by atoms with Crippen molar-refractivity contribution in [3.63, 3.8) is 0 Å². The number of nitrogens with two attached hydrogens (primary N) is 1. The Kier molecular flexibility index (Phi) is 2.99. The number of nitrogens with zero attached hydrogens (tertiary/aromatic N) is 3. The molecule has 0 aliphatic heterocycles. The number of halogens is 1. The minimum atomic E-state index is -0.583. The van der Waals surface area contributed by atoms with E-state index in [0.29, 0.717) is 5.82 Å². The van der Waals surface area contributed by atoms with Crippen molar-refractivity contribution in [1.82, 2.24) is 14.8 Å². The van der Waals surface area contributed by atoms with Gasteiger partial charge >= 0.3 is 0 Å². The van der Waals surface area contributed by atoms with Crippen LogP contribution in [0.5, 0.6) is 0 Å². The van der Waals surface area contributed by atoms with E-state index in [1.165, 1.54) is 16.9 Å². The first kappa shape index (κ1) is 11.1. The summed E-state index contributed by atoms with van der Waals surface area (Å²) in [6.07, 6.45) is 3.99. The zero-order chi connectivity index (χ0) is 12.3. The Morgan fingerprint density at radius 2 is 2.35 bits per heavy atom. The highest BCUT2D eigenvalue weighted by atomic mass is 19.1. The van der Waals surface area contributed by atoms with E-state index >= 15 is 0 Å². The average Bonchev–Trinajstić information content (AvgIpc) is 2.67. The maximum atomic E-state index is 13.2. The molecule has 7 heteroatoms. The molecular weight excluding hydrogens is 225 g/mol. The number of nitrogen functional groups attached to an aromatic ring is 1. The molecule has 2 aromatic rings. The lowest BCUT2D eigenvalue weighted by molar-refractivity contribution is -0.116. The van der Waals surface area contributed by atoms with Crippen LogP contribution in [0.1, 0.15) is 0 Å². The van der Waals surface area contributed by atoms with Crippen molar-refractivity contribution >= 4 is 17.4 Å². The molecule has 0 saturated heterocycles. The third-order valence-electron chi connectivity index (χ3n) is 2.01. The Morgan fingerprint density at radius 3 is 3.00 bits per heavy atom. The standard InChI is InChI=1S/C10H10FN5O/c11-7-5-13-3-1-8(7)14-10(17)6-16-4-2-9(12)15-16/h1-5H,6H2,(H2,12,15)(H,13,14,17). The van der Waals surface area contributed by atoms with Gasteiger partial charge in [0.2, 0.25) is 5.91 Å². The van der Waals surface area contributed by atoms with Crippen LogP contribution >= 0.6 is 0 Å². The molecule has 0 bridgehead atoms. The van der Waals surface area contributed by atoms with Crippen LogP contribution in [0.3, 0.4) is 0 Å². The van der Waals surface area contributed by atoms with Crippen molar-refractivity contribution in [2.45, 2.75) is 6.54 Å². The van der Waals surface area contributed by atoms with E-state index < -0.39 is 11.7 Å². The van der Waals surface area contributed by atoms with Crippen LogP contribution in [0.2, 0.25) is 0 Å². The van der Waals surface area contributed by atoms with Crippen LogP contribution < -0.4 is 11.1 Å². The van der Waals surface area contributed by atoms with Gasteiger partial charge in [-0.2, -0.15) is 5.10 Å². The smallest absolute Gasteiger partial charge is 0.246 e. The molecule has 0 aromatic carbocycles. The highest BCUT2D eigenvalue weighted by molar-refractivity contribution is 5.90. The van der Waals surface area contributed by atoms with Gasteiger partial charge in [0.1, 0.15) is 12.4 Å². The van der Waals surface area contributed by atoms with Gasteiger partial charge < -0.3 is 11.1 Å². The number of hydrogen-bond donors (Lipinski definition) is 2. The number of anilines is 2. The lowest BCUT2D eigenvalue weighted by atomic mass is 10.4. The van der Waals surface area contributed by atoms with Gasteiger partial charge in [-0.25, -0.2) is 4.39 Å². The number of carbonyl (C=O) groups excluding carboxylic acids is 1. The van der Waals surface area contributed by atoms with Crippen LogP contribution in [0.4, 0.5) is 15.9 Å². The molecule has 0 saturated carbocycles. The maximum absolute atomic E-state index is 13.2. The molecule has 2 aromatic heterocycles. The Hall–Kier alpha value is -2.44. The zero-order valence-electron chi connectivity index (χ0n) is 8.80. The van der Waals surface area contributed by atoms with Gasteiger partial charge in [-0.05, 0) is 12.1 Å². The summed E-state index contributed by atoms with van der Waals surface area (Å²) < 4.78 is 14.5. The summed E-state index contributed by atoms with van der Waals surface area (Å²) in [4.78, 5) is 15.1. The zero-order valence-corrected chi connectivity index (χ0v) is 8.80. The molecule has 0 atom stereocenters. The van der Waals surface area contributed by atoms with Gasteiger partial charge in [0, 0.05) is 12.4 Å². The third kappa shape index (κ3) is 2.77. The van der Waals surface area contributed by atoms with E-state index in [2.05, 4.69) is 15.4 Å². The highest BCUT2D eigenvalue weighted by Crippen LogP contribution is 2.10. The molecule has 1 amide bonds.